The van der Waals surface area contributed by atoms with Gasteiger partial charge in [0, 0.05) is 6.61 Å². The van der Waals surface area contributed by atoms with Crippen molar-refractivity contribution < 1.29 is 17.9 Å². The highest BCUT2D eigenvalue weighted by molar-refractivity contribution is 4.96. The lowest BCUT2D eigenvalue weighted by atomic mass is 9.91. The molecule has 0 aliphatic carbocycles. The summed E-state index contributed by atoms with van der Waals surface area (Å²) in [6, 6.07) is 0. The predicted molar refractivity (Wildman–Crippen MR) is 47.1 cm³/mol. The fraction of sp³-hybridized carbons (Fsp3) is 1.00. The molecule has 0 bridgehead atoms. The Morgan fingerprint density at radius 2 is 2.14 bits per heavy atom. The molecule has 14 heavy (non-hydrogen) atoms. The number of hydrogen-bond acceptors (Lipinski definition) is 2. The van der Waals surface area contributed by atoms with Gasteiger partial charge in [-0.25, -0.2) is 0 Å². The number of hydrogen-bond donors (Lipinski definition) is 1. The van der Waals surface area contributed by atoms with Gasteiger partial charge in [0.05, 0.1) is 6.61 Å². The summed E-state index contributed by atoms with van der Waals surface area (Å²) in [6.07, 6.45) is -2.94. The highest BCUT2D eigenvalue weighted by Crippen LogP contribution is 2.36. The van der Waals surface area contributed by atoms with E-state index in [9.17, 15) is 13.2 Å². The molecule has 1 N–H and O–H groups in total. The van der Waals surface area contributed by atoms with E-state index in [2.05, 4.69) is 5.32 Å². The van der Waals surface area contributed by atoms with Crippen LogP contribution in [0.1, 0.15) is 26.2 Å². The maximum Gasteiger partial charge on any atom is 0.408 e. The quantitative estimate of drug-likeness (QED) is 0.771. The lowest BCUT2D eigenvalue weighted by Crippen LogP contribution is -2.61. The second kappa shape index (κ2) is 4.49. The standard InChI is InChI=1S/C9H16F3NO/c1-2-5-13-8(9(10,11)12)4-3-6-14-7-8/h13H,2-7H2,1H3. The molecule has 1 saturated heterocycles. The zero-order valence-corrected chi connectivity index (χ0v) is 8.28. The molecule has 1 rings (SSSR count). The smallest absolute Gasteiger partial charge is 0.379 e. The molecule has 0 aromatic heterocycles. The summed E-state index contributed by atoms with van der Waals surface area (Å²) in [7, 11) is 0. The normalized spacial score (nSPS) is 29.1. The van der Waals surface area contributed by atoms with Crippen LogP contribution in [0.2, 0.25) is 0 Å². The van der Waals surface area contributed by atoms with E-state index in [1.165, 1.54) is 0 Å². The van der Waals surface area contributed by atoms with Gasteiger partial charge in [-0.1, -0.05) is 6.92 Å². The van der Waals surface area contributed by atoms with Crippen molar-refractivity contribution in [2.45, 2.75) is 37.9 Å². The summed E-state index contributed by atoms with van der Waals surface area (Å²) >= 11 is 0. The van der Waals surface area contributed by atoms with Crippen molar-refractivity contribution in [3.63, 3.8) is 0 Å². The molecule has 84 valence electrons. The molecule has 0 saturated carbocycles. The molecular weight excluding hydrogens is 195 g/mol. The van der Waals surface area contributed by atoms with Crippen LogP contribution in [0.5, 0.6) is 0 Å². The fourth-order valence-electron chi connectivity index (χ4n) is 1.62. The Hall–Kier alpha value is -0.290. The molecule has 1 aliphatic rings. The molecule has 1 atom stereocenters. The van der Waals surface area contributed by atoms with Crippen LogP contribution in [0, 0.1) is 0 Å². The van der Waals surface area contributed by atoms with Crippen molar-refractivity contribution in [1.82, 2.24) is 5.32 Å². The van der Waals surface area contributed by atoms with Gasteiger partial charge in [-0.2, -0.15) is 13.2 Å². The Morgan fingerprint density at radius 3 is 2.57 bits per heavy atom. The maximum atomic E-state index is 12.8. The average Bonchev–Trinajstić information content (AvgIpc) is 2.14. The van der Waals surface area contributed by atoms with Crippen molar-refractivity contribution in [3.8, 4) is 0 Å². The Balaban J connectivity index is 2.67. The van der Waals surface area contributed by atoms with Crippen molar-refractivity contribution in [1.29, 1.82) is 0 Å². The number of nitrogens with one attached hydrogen (secondary N) is 1. The van der Waals surface area contributed by atoms with E-state index in [1.807, 2.05) is 6.92 Å². The molecule has 1 heterocycles. The summed E-state index contributed by atoms with van der Waals surface area (Å²) in [6.45, 7) is 2.41. The minimum absolute atomic E-state index is 0.122. The van der Waals surface area contributed by atoms with Gasteiger partial charge < -0.3 is 10.1 Å². The fourth-order valence-corrected chi connectivity index (χ4v) is 1.62. The third kappa shape index (κ3) is 2.39. The molecule has 1 aliphatic heterocycles. The Morgan fingerprint density at radius 1 is 1.43 bits per heavy atom. The summed E-state index contributed by atoms with van der Waals surface area (Å²) in [5.74, 6) is 0. The molecule has 2 nitrogen and oxygen atoms in total. The van der Waals surface area contributed by atoms with Gasteiger partial charge in [0.25, 0.3) is 0 Å². The van der Waals surface area contributed by atoms with Gasteiger partial charge >= 0.3 is 6.18 Å². The van der Waals surface area contributed by atoms with Gasteiger partial charge in [-0.05, 0) is 25.8 Å². The maximum absolute atomic E-state index is 12.8. The number of alkyl halides is 3. The first kappa shape index (κ1) is 11.8. The molecule has 1 unspecified atom stereocenters. The van der Waals surface area contributed by atoms with E-state index >= 15 is 0 Å². The number of ether oxygens (including phenoxy) is 1. The van der Waals surface area contributed by atoms with E-state index in [0.717, 1.165) is 0 Å². The Labute approximate surface area is 81.8 Å². The van der Waals surface area contributed by atoms with E-state index in [4.69, 9.17) is 4.74 Å². The summed E-state index contributed by atoms with van der Waals surface area (Å²) in [5.41, 5.74) is -1.80. The third-order valence-electron chi connectivity index (χ3n) is 2.50. The lowest BCUT2D eigenvalue weighted by molar-refractivity contribution is -0.223. The average molecular weight is 211 g/mol. The lowest BCUT2D eigenvalue weighted by Gasteiger charge is -2.39. The van der Waals surface area contributed by atoms with Crippen molar-refractivity contribution in [3.05, 3.63) is 0 Å². The molecule has 0 radical (unpaired) electrons. The van der Waals surface area contributed by atoms with Crippen LogP contribution >= 0.6 is 0 Å². The molecule has 0 aromatic rings. The molecule has 5 heteroatoms. The number of halogens is 3. The van der Waals surface area contributed by atoms with E-state index < -0.39 is 11.7 Å². The topological polar surface area (TPSA) is 21.3 Å². The third-order valence-corrected chi connectivity index (χ3v) is 2.50. The molecular formula is C9H16F3NO. The summed E-state index contributed by atoms with van der Waals surface area (Å²) in [4.78, 5) is 0. The zero-order chi connectivity index (χ0) is 10.7. The van der Waals surface area contributed by atoms with Gasteiger partial charge in [-0.3, -0.25) is 0 Å². The van der Waals surface area contributed by atoms with Gasteiger partial charge in [0.2, 0.25) is 0 Å². The van der Waals surface area contributed by atoms with E-state index in [0.29, 0.717) is 26.0 Å². The first-order chi connectivity index (χ1) is 6.52. The SMILES string of the molecule is CCCNC1(C(F)(F)F)CCCOC1. The van der Waals surface area contributed by atoms with Crippen LogP contribution in [-0.2, 0) is 4.74 Å². The van der Waals surface area contributed by atoms with Crippen LogP contribution in [0.15, 0.2) is 0 Å². The number of rotatable bonds is 3. The molecule has 0 spiro atoms. The molecule has 0 aromatic carbocycles. The van der Waals surface area contributed by atoms with Crippen molar-refractivity contribution in [2.75, 3.05) is 19.8 Å². The molecule has 0 amide bonds. The van der Waals surface area contributed by atoms with Crippen LogP contribution in [0.25, 0.3) is 0 Å². The van der Waals surface area contributed by atoms with Crippen LogP contribution in [0.3, 0.4) is 0 Å². The molecule has 1 fully saturated rings. The monoisotopic (exact) mass is 211 g/mol. The largest absolute Gasteiger partial charge is 0.408 e. The highest BCUT2D eigenvalue weighted by Gasteiger charge is 2.55. The van der Waals surface area contributed by atoms with Crippen LogP contribution < -0.4 is 5.32 Å². The zero-order valence-electron chi connectivity index (χ0n) is 8.28. The van der Waals surface area contributed by atoms with Crippen molar-refractivity contribution >= 4 is 0 Å². The summed E-state index contributed by atoms with van der Waals surface area (Å²) < 4.78 is 43.3. The predicted octanol–water partition coefficient (Wildman–Crippen LogP) is 2.10. The van der Waals surface area contributed by atoms with Gasteiger partial charge in [-0.15, -0.1) is 0 Å². The van der Waals surface area contributed by atoms with Crippen LogP contribution in [0.4, 0.5) is 13.2 Å². The summed E-state index contributed by atoms with van der Waals surface area (Å²) in [5, 5.41) is 2.57. The first-order valence-electron chi connectivity index (χ1n) is 4.91. The Bertz CT molecular complexity index is 175. The highest BCUT2D eigenvalue weighted by atomic mass is 19.4. The van der Waals surface area contributed by atoms with E-state index in [1.54, 1.807) is 0 Å². The van der Waals surface area contributed by atoms with E-state index in [-0.39, 0.29) is 13.0 Å². The van der Waals surface area contributed by atoms with Crippen LogP contribution in [-0.4, -0.2) is 31.5 Å². The van der Waals surface area contributed by atoms with Gasteiger partial charge in [0.1, 0.15) is 5.54 Å². The second-order valence-corrected chi connectivity index (χ2v) is 3.66. The minimum atomic E-state index is -4.22. The Kier molecular flexibility index (Phi) is 3.78. The first-order valence-corrected chi connectivity index (χ1v) is 4.91. The van der Waals surface area contributed by atoms with Crippen molar-refractivity contribution in [2.24, 2.45) is 0 Å². The second-order valence-electron chi connectivity index (χ2n) is 3.66. The van der Waals surface area contributed by atoms with Gasteiger partial charge in [0.15, 0.2) is 0 Å². The minimum Gasteiger partial charge on any atom is -0.379 e.